The van der Waals surface area contributed by atoms with Gasteiger partial charge in [-0.25, -0.2) is 8.42 Å². The van der Waals surface area contributed by atoms with E-state index in [9.17, 15) is 8.42 Å². The maximum absolute atomic E-state index is 11.7. The van der Waals surface area contributed by atoms with Crippen molar-refractivity contribution in [3.8, 4) is 0 Å². The molecule has 0 radical (unpaired) electrons. The molecule has 0 fully saturated rings. The van der Waals surface area contributed by atoms with Crippen LogP contribution in [0.1, 0.15) is 25.5 Å². The van der Waals surface area contributed by atoms with Crippen molar-refractivity contribution in [3.05, 3.63) is 33.8 Å². The second-order valence-corrected chi connectivity index (χ2v) is 7.88. The summed E-state index contributed by atoms with van der Waals surface area (Å²) in [6.45, 7) is 3.15. The predicted molar refractivity (Wildman–Crippen MR) is 72.3 cm³/mol. The summed E-state index contributed by atoms with van der Waals surface area (Å²) in [6, 6.07) is 4.28. The third-order valence-corrected chi connectivity index (χ3v) is 6.02. The van der Waals surface area contributed by atoms with E-state index in [0.717, 1.165) is 6.26 Å². The molecular weight excluding hydrogens is 281 g/mol. The van der Waals surface area contributed by atoms with Crippen molar-refractivity contribution >= 4 is 33.0 Å². The smallest absolute Gasteiger partial charge is 0.154 e. The van der Waals surface area contributed by atoms with E-state index in [4.69, 9.17) is 28.9 Å². The topological polar surface area (TPSA) is 60.2 Å². The van der Waals surface area contributed by atoms with Gasteiger partial charge < -0.3 is 5.73 Å². The Bertz CT molecular complexity index is 526. The molecule has 3 nitrogen and oxygen atoms in total. The van der Waals surface area contributed by atoms with E-state index < -0.39 is 20.6 Å². The van der Waals surface area contributed by atoms with E-state index in [1.54, 1.807) is 32.0 Å². The first-order valence-electron chi connectivity index (χ1n) is 4.98. The number of hydrogen-bond donors (Lipinski definition) is 1. The van der Waals surface area contributed by atoms with Crippen LogP contribution in [0.15, 0.2) is 18.2 Å². The van der Waals surface area contributed by atoms with Crippen LogP contribution in [-0.2, 0) is 9.84 Å². The van der Waals surface area contributed by atoms with Crippen LogP contribution in [-0.4, -0.2) is 19.4 Å². The Balaban J connectivity index is 3.31. The molecule has 17 heavy (non-hydrogen) atoms. The van der Waals surface area contributed by atoms with E-state index in [1.807, 2.05) is 0 Å². The molecule has 0 aromatic heterocycles. The molecule has 0 amide bonds. The molecule has 1 aromatic rings. The summed E-state index contributed by atoms with van der Waals surface area (Å²) >= 11 is 11.9. The van der Waals surface area contributed by atoms with Crippen molar-refractivity contribution in [1.29, 1.82) is 0 Å². The Morgan fingerprint density at radius 1 is 1.29 bits per heavy atom. The fourth-order valence-corrected chi connectivity index (χ4v) is 2.38. The van der Waals surface area contributed by atoms with Crippen LogP contribution < -0.4 is 5.73 Å². The van der Waals surface area contributed by atoms with Gasteiger partial charge in [-0.15, -0.1) is 0 Å². The SMILES string of the molecule is CC(C)(C(N)c1cccc(Cl)c1Cl)S(C)(=O)=O. The number of hydrogen-bond acceptors (Lipinski definition) is 3. The first-order chi connectivity index (χ1) is 7.59. The third-order valence-electron chi connectivity index (χ3n) is 3.02. The summed E-state index contributed by atoms with van der Waals surface area (Å²) in [5.41, 5.74) is 6.54. The van der Waals surface area contributed by atoms with Gasteiger partial charge in [-0.05, 0) is 25.5 Å². The van der Waals surface area contributed by atoms with Crippen LogP contribution >= 0.6 is 23.2 Å². The molecule has 96 valence electrons. The van der Waals surface area contributed by atoms with Crippen molar-refractivity contribution in [2.24, 2.45) is 5.73 Å². The molecule has 1 rings (SSSR count). The largest absolute Gasteiger partial charge is 0.323 e. The lowest BCUT2D eigenvalue weighted by Crippen LogP contribution is -2.42. The van der Waals surface area contributed by atoms with Crippen LogP contribution in [0.25, 0.3) is 0 Å². The van der Waals surface area contributed by atoms with Gasteiger partial charge in [0.05, 0.1) is 20.8 Å². The minimum atomic E-state index is -3.31. The Morgan fingerprint density at radius 3 is 2.29 bits per heavy atom. The van der Waals surface area contributed by atoms with Gasteiger partial charge in [0.1, 0.15) is 0 Å². The van der Waals surface area contributed by atoms with Crippen molar-refractivity contribution in [2.75, 3.05) is 6.26 Å². The summed E-state index contributed by atoms with van der Waals surface area (Å²) in [4.78, 5) is 0. The number of benzene rings is 1. The van der Waals surface area contributed by atoms with Gasteiger partial charge in [-0.2, -0.15) is 0 Å². The Labute approximate surface area is 112 Å². The van der Waals surface area contributed by atoms with Crippen molar-refractivity contribution in [2.45, 2.75) is 24.6 Å². The number of halogens is 2. The number of nitrogens with two attached hydrogens (primary N) is 1. The quantitative estimate of drug-likeness (QED) is 0.933. The predicted octanol–water partition coefficient (Wildman–Crippen LogP) is 2.82. The van der Waals surface area contributed by atoms with Gasteiger partial charge in [0.2, 0.25) is 0 Å². The number of rotatable bonds is 3. The van der Waals surface area contributed by atoms with Crippen molar-refractivity contribution in [3.63, 3.8) is 0 Å². The van der Waals surface area contributed by atoms with E-state index in [2.05, 4.69) is 0 Å². The molecule has 1 unspecified atom stereocenters. The lowest BCUT2D eigenvalue weighted by molar-refractivity contribution is 0.496. The van der Waals surface area contributed by atoms with Crippen LogP contribution in [0, 0.1) is 0 Å². The molecular formula is C11H15Cl2NO2S. The lowest BCUT2D eigenvalue weighted by Gasteiger charge is -2.30. The average Bonchev–Trinajstić information content (AvgIpc) is 2.19. The monoisotopic (exact) mass is 295 g/mol. The zero-order valence-corrected chi connectivity index (χ0v) is 12.2. The highest BCUT2D eigenvalue weighted by Gasteiger charge is 2.38. The Morgan fingerprint density at radius 2 is 1.82 bits per heavy atom. The average molecular weight is 296 g/mol. The second kappa shape index (κ2) is 4.76. The van der Waals surface area contributed by atoms with Crippen LogP contribution in [0.3, 0.4) is 0 Å². The van der Waals surface area contributed by atoms with Gasteiger partial charge in [-0.1, -0.05) is 35.3 Å². The van der Waals surface area contributed by atoms with E-state index >= 15 is 0 Å². The summed E-state index contributed by atoms with van der Waals surface area (Å²) in [7, 11) is -3.31. The zero-order chi connectivity index (χ0) is 13.4. The minimum absolute atomic E-state index is 0.304. The molecule has 1 atom stereocenters. The van der Waals surface area contributed by atoms with Gasteiger partial charge >= 0.3 is 0 Å². The summed E-state index contributed by atoms with van der Waals surface area (Å²) < 4.78 is 22.3. The lowest BCUT2D eigenvalue weighted by atomic mass is 9.96. The number of sulfone groups is 1. The fourth-order valence-electron chi connectivity index (χ4n) is 1.37. The maximum Gasteiger partial charge on any atom is 0.154 e. The molecule has 6 heteroatoms. The van der Waals surface area contributed by atoms with E-state index in [0.29, 0.717) is 15.6 Å². The summed E-state index contributed by atoms with van der Waals surface area (Å²) in [5, 5.41) is 0.669. The van der Waals surface area contributed by atoms with Crippen LogP contribution in [0.4, 0.5) is 0 Å². The van der Waals surface area contributed by atoms with E-state index in [-0.39, 0.29) is 0 Å². The minimum Gasteiger partial charge on any atom is -0.323 e. The molecule has 0 aliphatic carbocycles. The summed E-state index contributed by atoms with van der Waals surface area (Å²) in [6.07, 6.45) is 1.16. The maximum atomic E-state index is 11.7. The second-order valence-electron chi connectivity index (χ2n) is 4.50. The molecule has 1 aromatic carbocycles. The molecule has 0 bridgehead atoms. The first-order valence-corrected chi connectivity index (χ1v) is 7.63. The van der Waals surface area contributed by atoms with Crippen molar-refractivity contribution < 1.29 is 8.42 Å². The highest BCUT2D eigenvalue weighted by atomic mass is 35.5. The molecule has 0 saturated carbocycles. The standard InChI is InChI=1S/C11H15Cl2NO2S/c1-11(2,17(3,15)16)10(14)7-5-4-6-8(12)9(7)13/h4-6,10H,14H2,1-3H3. The van der Waals surface area contributed by atoms with E-state index in [1.165, 1.54) is 0 Å². The molecule has 0 aliphatic heterocycles. The Hall–Kier alpha value is -0.290. The third kappa shape index (κ3) is 2.76. The molecule has 0 saturated heterocycles. The fraction of sp³-hybridized carbons (Fsp3) is 0.455. The highest BCUT2D eigenvalue weighted by Crippen LogP contribution is 2.36. The normalized spacial score (nSPS) is 14.7. The molecule has 0 heterocycles. The summed E-state index contributed by atoms with van der Waals surface area (Å²) in [5.74, 6) is 0. The van der Waals surface area contributed by atoms with Gasteiger partial charge in [0.15, 0.2) is 9.84 Å². The highest BCUT2D eigenvalue weighted by molar-refractivity contribution is 7.92. The zero-order valence-electron chi connectivity index (χ0n) is 9.87. The van der Waals surface area contributed by atoms with Gasteiger partial charge in [-0.3, -0.25) is 0 Å². The first kappa shape index (κ1) is 14.8. The molecule has 0 aliphatic rings. The molecule has 0 spiro atoms. The van der Waals surface area contributed by atoms with Crippen molar-refractivity contribution in [1.82, 2.24) is 0 Å². The van der Waals surface area contributed by atoms with Crippen LogP contribution in [0.2, 0.25) is 10.0 Å². The Kier molecular flexibility index (Phi) is 4.14. The van der Waals surface area contributed by atoms with Gasteiger partial charge in [0, 0.05) is 6.26 Å². The van der Waals surface area contributed by atoms with Crippen LogP contribution in [0.5, 0.6) is 0 Å². The van der Waals surface area contributed by atoms with Gasteiger partial charge in [0.25, 0.3) is 0 Å². The molecule has 2 N–H and O–H groups in total.